The Bertz CT molecular complexity index is 429. The molecule has 1 aromatic rings. The van der Waals surface area contributed by atoms with Crippen LogP contribution >= 0.6 is 0 Å². The van der Waals surface area contributed by atoms with Gasteiger partial charge < -0.3 is 32.1 Å². The summed E-state index contributed by atoms with van der Waals surface area (Å²) in [7, 11) is 3.15. The molecule has 126 valence electrons. The minimum absolute atomic E-state index is 0. The van der Waals surface area contributed by atoms with Crippen LogP contribution in [-0.4, -0.2) is 46.3 Å². The first-order valence-electron chi connectivity index (χ1n) is 7.49. The molecule has 0 heterocycles. The van der Waals surface area contributed by atoms with Crippen LogP contribution in [0.3, 0.4) is 0 Å². The zero-order chi connectivity index (χ0) is 15.7. The standard InChI is InChI=1S/C16H26N2O3.ClH/c1-5-18(6-2)9-7-8-17-16(19)13-10-14(20-3)12-15(11-13)21-4;/h10-12H,5-9H2,1-4H3,(H,17,19);1H. The Hall–Kier alpha value is -1.46. The minimum Gasteiger partial charge on any atom is -1.00 e. The van der Waals surface area contributed by atoms with Gasteiger partial charge in [-0.25, -0.2) is 0 Å². The maximum atomic E-state index is 12.1. The number of methoxy groups -OCH3 is 2. The lowest BCUT2D eigenvalue weighted by Crippen LogP contribution is -3.11. The van der Waals surface area contributed by atoms with Crippen molar-refractivity contribution in [3.63, 3.8) is 0 Å². The average molecular weight is 331 g/mol. The van der Waals surface area contributed by atoms with Crippen LogP contribution < -0.4 is 32.1 Å². The second-order valence-electron chi connectivity index (χ2n) is 4.92. The summed E-state index contributed by atoms with van der Waals surface area (Å²) in [6.45, 7) is 8.37. The first-order chi connectivity index (χ1) is 10.1. The van der Waals surface area contributed by atoms with Gasteiger partial charge in [-0.3, -0.25) is 4.79 Å². The highest BCUT2D eigenvalue weighted by Gasteiger charge is 2.10. The van der Waals surface area contributed by atoms with Gasteiger partial charge in [0, 0.05) is 24.6 Å². The summed E-state index contributed by atoms with van der Waals surface area (Å²) in [5, 5.41) is 2.94. The van der Waals surface area contributed by atoms with Gasteiger partial charge in [0.1, 0.15) is 11.5 Å². The van der Waals surface area contributed by atoms with E-state index in [1.807, 2.05) is 0 Å². The zero-order valence-corrected chi connectivity index (χ0v) is 14.6. The molecule has 1 amide bonds. The molecule has 0 aromatic heterocycles. The number of amides is 1. The highest BCUT2D eigenvalue weighted by molar-refractivity contribution is 5.95. The van der Waals surface area contributed by atoms with Crippen LogP contribution in [0.15, 0.2) is 18.2 Å². The van der Waals surface area contributed by atoms with Gasteiger partial charge in [-0.1, -0.05) is 0 Å². The molecule has 0 atom stereocenters. The highest BCUT2D eigenvalue weighted by atomic mass is 35.5. The lowest BCUT2D eigenvalue weighted by Gasteiger charge is -2.15. The van der Waals surface area contributed by atoms with Gasteiger partial charge in [0.2, 0.25) is 0 Å². The van der Waals surface area contributed by atoms with E-state index < -0.39 is 0 Å². The Balaban J connectivity index is 0.00000441. The molecule has 0 radical (unpaired) electrons. The number of hydrogen-bond acceptors (Lipinski definition) is 3. The van der Waals surface area contributed by atoms with Crippen molar-refractivity contribution in [1.82, 2.24) is 5.32 Å². The number of carbonyl (C=O) groups excluding carboxylic acids is 1. The summed E-state index contributed by atoms with van der Waals surface area (Å²) in [6.07, 6.45) is 0.976. The summed E-state index contributed by atoms with van der Waals surface area (Å²) >= 11 is 0. The SMILES string of the molecule is CC[NH+](CC)CCCNC(=O)c1cc(OC)cc(OC)c1.[Cl-]. The molecule has 0 bridgehead atoms. The predicted octanol–water partition coefficient (Wildman–Crippen LogP) is -2.25. The van der Waals surface area contributed by atoms with Crippen LogP contribution in [0.25, 0.3) is 0 Å². The van der Waals surface area contributed by atoms with Crippen molar-refractivity contribution in [1.29, 1.82) is 0 Å². The molecule has 22 heavy (non-hydrogen) atoms. The van der Waals surface area contributed by atoms with E-state index >= 15 is 0 Å². The van der Waals surface area contributed by atoms with Gasteiger partial charge in [0.15, 0.2) is 0 Å². The number of rotatable bonds is 9. The molecule has 0 saturated carbocycles. The summed E-state index contributed by atoms with van der Waals surface area (Å²) < 4.78 is 10.3. The number of carbonyl (C=O) groups is 1. The molecule has 0 aliphatic carbocycles. The van der Waals surface area contributed by atoms with Crippen molar-refractivity contribution in [2.45, 2.75) is 20.3 Å². The van der Waals surface area contributed by atoms with Gasteiger partial charge in [0.05, 0.1) is 33.9 Å². The summed E-state index contributed by atoms with van der Waals surface area (Å²) in [6, 6.07) is 5.18. The third-order valence-electron chi connectivity index (χ3n) is 3.61. The summed E-state index contributed by atoms with van der Waals surface area (Å²) in [5.74, 6) is 1.14. The first-order valence-corrected chi connectivity index (χ1v) is 7.49. The Labute approximate surface area is 139 Å². The number of quaternary nitrogens is 1. The van der Waals surface area contributed by atoms with E-state index in [9.17, 15) is 4.79 Å². The molecule has 0 unspecified atom stereocenters. The van der Waals surface area contributed by atoms with Gasteiger partial charge >= 0.3 is 0 Å². The molecule has 5 nitrogen and oxygen atoms in total. The molecule has 0 saturated heterocycles. The van der Waals surface area contributed by atoms with E-state index in [-0.39, 0.29) is 18.3 Å². The smallest absolute Gasteiger partial charge is 0.251 e. The fourth-order valence-corrected chi connectivity index (χ4v) is 2.18. The number of benzene rings is 1. The van der Waals surface area contributed by atoms with Crippen molar-refractivity contribution in [3.05, 3.63) is 23.8 Å². The third kappa shape index (κ3) is 6.54. The van der Waals surface area contributed by atoms with E-state index in [1.54, 1.807) is 37.3 Å². The van der Waals surface area contributed by atoms with Crippen LogP contribution in [-0.2, 0) is 0 Å². The van der Waals surface area contributed by atoms with E-state index in [0.29, 0.717) is 23.6 Å². The Morgan fingerprint density at radius 1 is 1.09 bits per heavy atom. The van der Waals surface area contributed by atoms with Gasteiger partial charge in [-0.05, 0) is 26.0 Å². The maximum Gasteiger partial charge on any atom is 0.251 e. The molecule has 0 aliphatic heterocycles. The molecule has 1 rings (SSSR count). The van der Waals surface area contributed by atoms with E-state index in [0.717, 1.165) is 26.1 Å². The Morgan fingerprint density at radius 3 is 2.09 bits per heavy atom. The normalized spacial score (nSPS) is 10.0. The van der Waals surface area contributed by atoms with E-state index in [2.05, 4.69) is 19.2 Å². The van der Waals surface area contributed by atoms with Crippen molar-refractivity contribution < 1.29 is 31.6 Å². The van der Waals surface area contributed by atoms with Crippen LogP contribution in [0.2, 0.25) is 0 Å². The second kappa shape index (κ2) is 11.2. The monoisotopic (exact) mass is 330 g/mol. The van der Waals surface area contributed by atoms with Crippen molar-refractivity contribution in [3.8, 4) is 11.5 Å². The number of hydrogen-bond donors (Lipinski definition) is 2. The van der Waals surface area contributed by atoms with Crippen LogP contribution in [0.1, 0.15) is 30.6 Å². The summed E-state index contributed by atoms with van der Waals surface area (Å²) in [4.78, 5) is 13.7. The number of halogens is 1. The molecule has 0 aliphatic rings. The average Bonchev–Trinajstić information content (AvgIpc) is 2.54. The predicted molar refractivity (Wildman–Crippen MR) is 83.4 cm³/mol. The first kappa shape index (κ1) is 20.5. The molecule has 6 heteroatoms. The second-order valence-corrected chi connectivity index (χ2v) is 4.92. The third-order valence-corrected chi connectivity index (χ3v) is 3.61. The number of nitrogens with one attached hydrogen (secondary N) is 2. The van der Waals surface area contributed by atoms with Crippen LogP contribution in [0.4, 0.5) is 0 Å². The topological polar surface area (TPSA) is 52.0 Å². The molecule has 1 aromatic carbocycles. The van der Waals surface area contributed by atoms with Gasteiger partial charge in [-0.2, -0.15) is 0 Å². The lowest BCUT2D eigenvalue weighted by atomic mass is 10.2. The zero-order valence-electron chi connectivity index (χ0n) is 13.9. The fourth-order valence-electron chi connectivity index (χ4n) is 2.18. The van der Waals surface area contributed by atoms with Gasteiger partial charge in [-0.15, -0.1) is 0 Å². The van der Waals surface area contributed by atoms with Crippen molar-refractivity contribution in [2.24, 2.45) is 0 Å². The number of ether oxygens (including phenoxy) is 2. The summed E-state index contributed by atoms with van der Waals surface area (Å²) in [5.41, 5.74) is 0.557. The molecule has 0 fully saturated rings. The maximum absolute atomic E-state index is 12.1. The van der Waals surface area contributed by atoms with Gasteiger partial charge in [0.25, 0.3) is 5.91 Å². The quantitative estimate of drug-likeness (QED) is 0.503. The van der Waals surface area contributed by atoms with E-state index in [1.165, 1.54) is 0 Å². The molecular formula is C16H27ClN2O3. The Morgan fingerprint density at radius 2 is 1.64 bits per heavy atom. The fraction of sp³-hybridized carbons (Fsp3) is 0.562. The van der Waals surface area contributed by atoms with Crippen molar-refractivity contribution >= 4 is 5.91 Å². The van der Waals surface area contributed by atoms with E-state index in [4.69, 9.17) is 9.47 Å². The van der Waals surface area contributed by atoms with Crippen molar-refractivity contribution in [2.75, 3.05) is 40.4 Å². The van der Waals surface area contributed by atoms with Crippen LogP contribution in [0, 0.1) is 0 Å². The minimum atomic E-state index is -0.0956. The lowest BCUT2D eigenvalue weighted by molar-refractivity contribution is -0.896. The Kier molecular flexibility index (Phi) is 10.4. The largest absolute Gasteiger partial charge is 1.00 e. The highest BCUT2D eigenvalue weighted by Crippen LogP contribution is 2.22. The molecule has 0 spiro atoms. The molecule has 2 N–H and O–H groups in total. The molecular weight excluding hydrogens is 304 g/mol. The van der Waals surface area contributed by atoms with Crippen LogP contribution in [0.5, 0.6) is 11.5 Å².